The van der Waals surface area contributed by atoms with Crippen molar-refractivity contribution >= 4 is 5.69 Å². The van der Waals surface area contributed by atoms with Crippen LogP contribution < -0.4 is 10.2 Å². The molecule has 0 aromatic heterocycles. The van der Waals surface area contributed by atoms with Crippen molar-refractivity contribution in [3.63, 3.8) is 0 Å². The van der Waals surface area contributed by atoms with E-state index in [2.05, 4.69) is 5.32 Å². The number of alkyl halides is 3. The summed E-state index contributed by atoms with van der Waals surface area (Å²) < 4.78 is 62.5. The van der Waals surface area contributed by atoms with Crippen LogP contribution in [-0.4, -0.2) is 56.9 Å². The first-order valence-corrected chi connectivity index (χ1v) is 7.05. The molecule has 2 rings (SSSR count). The maximum Gasteiger partial charge on any atom is 0.401 e. The normalized spacial score (nSPS) is 17.0. The van der Waals surface area contributed by atoms with Crippen LogP contribution in [0.4, 0.5) is 27.6 Å². The van der Waals surface area contributed by atoms with E-state index in [4.69, 9.17) is 0 Å². The van der Waals surface area contributed by atoms with Crippen molar-refractivity contribution < 1.29 is 22.0 Å². The molecule has 124 valence electrons. The zero-order valence-electron chi connectivity index (χ0n) is 12.0. The highest BCUT2D eigenvalue weighted by Crippen LogP contribution is 2.21. The van der Waals surface area contributed by atoms with Gasteiger partial charge in [-0.05, 0) is 12.1 Å². The van der Waals surface area contributed by atoms with Crippen molar-refractivity contribution in [3.05, 3.63) is 29.8 Å². The summed E-state index contributed by atoms with van der Waals surface area (Å²) in [5.41, 5.74) is 0.358. The molecule has 3 nitrogen and oxygen atoms in total. The van der Waals surface area contributed by atoms with Crippen LogP contribution in [0.1, 0.15) is 0 Å². The molecular weight excluding hydrogens is 305 g/mol. The van der Waals surface area contributed by atoms with Crippen LogP contribution in [0.15, 0.2) is 18.2 Å². The fourth-order valence-electron chi connectivity index (χ4n) is 2.42. The first-order valence-electron chi connectivity index (χ1n) is 7.05. The van der Waals surface area contributed by atoms with Crippen LogP contribution in [-0.2, 0) is 0 Å². The number of nitrogens with one attached hydrogen (secondary N) is 1. The average molecular weight is 323 g/mol. The van der Waals surface area contributed by atoms with Gasteiger partial charge in [0.15, 0.2) is 0 Å². The lowest BCUT2D eigenvalue weighted by Gasteiger charge is -2.36. The molecule has 1 N–H and O–H groups in total. The minimum atomic E-state index is -4.20. The monoisotopic (exact) mass is 323 g/mol. The molecule has 1 aliphatic rings. The number of anilines is 1. The highest BCUT2D eigenvalue weighted by atomic mass is 19.4. The summed E-state index contributed by atoms with van der Waals surface area (Å²) in [4.78, 5) is 3.83. The molecule has 1 saturated heterocycles. The predicted molar refractivity (Wildman–Crippen MR) is 73.9 cm³/mol. The molecule has 0 amide bonds. The topological polar surface area (TPSA) is 18.5 Å². The second-order valence-electron chi connectivity index (χ2n) is 5.22. The third-order valence-electron chi connectivity index (χ3n) is 3.55. The van der Waals surface area contributed by atoms with E-state index in [9.17, 15) is 22.0 Å². The molecule has 0 bridgehead atoms. The summed E-state index contributed by atoms with van der Waals surface area (Å²) >= 11 is 0. The fraction of sp³-hybridized carbons (Fsp3) is 0.571. The smallest absolute Gasteiger partial charge is 0.367 e. The van der Waals surface area contributed by atoms with Gasteiger partial charge in [0.2, 0.25) is 0 Å². The van der Waals surface area contributed by atoms with Gasteiger partial charge < -0.3 is 10.2 Å². The van der Waals surface area contributed by atoms with Crippen LogP contribution in [0, 0.1) is 11.6 Å². The van der Waals surface area contributed by atoms with Gasteiger partial charge in [-0.25, -0.2) is 8.78 Å². The Bertz CT molecular complexity index is 484. The number of hydrogen-bond acceptors (Lipinski definition) is 3. The molecule has 22 heavy (non-hydrogen) atoms. The summed E-state index contributed by atoms with van der Waals surface area (Å²) in [5, 5.41) is 2.35. The highest BCUT2D eigenvalue weighted by molar-refractivity contribution is 5.48. The Hall–Kier alpha value is -1.41. The summed E-state index contributed by atoms with van der Waals surface area (Å²) in [6.07, 6.45) is -4.20. The molecule has 0 unspecified atom stereocenters. The van der Waals surface area contributed by atoms with E-state index in [0.717, 1.165) is 6.07 Å². The Morgan fingerprint density at radius 2 is 1.73 bits per heavy atom. The Morgan fingerprint density at radius 3 is 2.32 bits per heavy atom. The lowest BCUT2D eigenvalue weighted by atomic mass is 10.2. The van der Waals surface area contributed by atoms with Crippen LogP contribution >= 0.6 is 0 Å². The van der Waals surface area contributed by atoms with Crippen LogP contribution in [0.2, 0.25) is 0 Å². The minimum Gasteiger partial charge on any atom is -0.367 e. The maximum absolute atomic E-state index is 13.7. The van der Waals surface area contributed by atoms with Crippen molar-refractivity contribution in [3.8, 4) is 0 Å². The molecule has 0 atom stereocenters. The van der Waals surface area contributed by atoms with Gasteiger partial charge in [-0.1, -0.05) is 0 Å². The molecule has 0 aliphatic carbocycles. The van der Waals surface area contributed by atoms with Gasteiger partial charge in [-0.2, -0.15) is 13.2 Å². The first kappa shape index (κ1) is 17.0. The van der Waals surface area contributed by atoms with Crippen molar-refractivity contribution in [2.24, 2.45) is 0 Å². The van der Waals surface area contributed by atoms with E-state index >= 15 is 0 Å². The van der Waals surface area contributed by atoms with Gasteiger partial charge in [0.05, 0.1) is 12.2 Å². The number of nitrogens with zero attached hydrogens (tertiary/aromatic N) is 2. The molecule has 1 aromatic rings. The van der Waals surface area contributed by atoms with Crippen molar-refractivity contribution in [2.75, 3.05) is 50.7 Å². The molecule has 0 saturated carbocycles. The van der Waals surface area contributed by atoms with Crippen LogP contribution in [0.25, 0.3) is 0 Å². The van der Waals surface area contributed by atoms with Gasteiger partial charge in [0.1, 0.15) is 11.6 Å². The summed E-state index contributed by atoms with van der Waals surface area (Å²) in [6.45, 7) is 2.15. The Kier molecular flexibility index (Phi) is 5.57. The Morgan fingerprint density at radius 1 is 1.05 bits per heavy atom. The van der Waals surface area contributed by atoms with Gasteiger partial charge >= 0.3 is 6.18 Å². The molecular formula is C14H18F5N3. The SMILES string of the molecule is Fc1ccc(N2CCN(CCNCC(F)(F)F)CC2)c(F)c1. The summed E-state index contributed by atoms with van der Waals surface area (Å²) in [5.74, 6) is -1.21. The van der Waals surface area contributed by atoms with Gasteiger partial charge in [0, 0.05) is 45.3 Å². The predicted octanol–water partition coefficient (Wildman–Crippen LogP) is 2.24. The zero-order valence-corrected chi connectivity index (χ0v) is 12.0. The molecule has 1 heterocycles. The first-order chi connectivity index (χ1) is 10.3. The van der Waals surface area contributed by atoms with E-state index in [1.807, 2.05) is 9.80 Å². The van der Waals surface area contributed by atoms with Crippen LogP contribution in [0.3, 0.4) is 0 Å². The minimum absolute atomic E-state index is 0.254. The van der Waals surface area contributed by atoms with Gasteiger partial charge in [-0.3, -0.25) is 4.90 Å². The third-order valence-corrected chi connectivity index (χ3v) is 3.55. The number of halogens is 5. The summed E-state index contributed by atoms with van der Waals surface area (Å²) in [7, 11) is 0. The lowest BCUT2D eigenvalue weighted by molar-refractivity contribution is -0.124. The Labute approximate surface area is 125 Å². The second kappa shape index (κ2) is 7.23. The maximum atomic E-state index is 13.7. The van der Waals surface area contributed by atoms with E-state index < -0.39 is 24.4 Å². The molecule has 0 spiro atoms. The van der Waals surface area contributed by atoms with Gasteiger partial charge in [-0.15, -0.1) is 0 Å². The third kappa shape index (κ3) is 5.10. The van der Waals surface area contributed by atoms with E-state index in [1.165, 1.54) is 12.1 Å². The Balaban J connectivity index is 1.74. The molecule has 1 aliphatic heterocycles. The molecule has 1 aromatic carbocycles. The van der Waals surface area contributed by atoms with Crippen LogP contribution in [0.5, 0.6) is 0 Å². The number of hydrogen-bond donors (Lipinski definition) is 1. The second-order valence-corrected chi connectivity index (χ2v) is 5.22. The van der Waals surface area contributed by atoms with Crippen molar-refractivity contribution in [1.82, 2.24) is 10.2 Å². The molecule has 1 fully saturated rings. The van der Waals surface area contributed by atoms with E-state index in [-0.39, 0.29) is 6.54 Å². The molecule has 8 heteroatoms. The number of piperazine rings is 1. The average Bonchev–Trinajstić information content (AvgIpc) is 2.44. The quantitative estimate of drug-likeness (QED) is 0.662. The summed E-state index contributed by atoms with van der Waals surface area (Å²) in [6, 6.07) is 3.47. The van der Waals surface area contributed by atoms with E-state index in [0.29, 0.717) is 38.4 Å². The van der Waals surface area contributed by atoms with Gasteiger partial charge in [0.25, 0.3) is 0 Å². The number of rotatable bonds is 5. The number of benzene rings is 1. The van der Waals surface area contributed by atoms with Crippen molar-refractivity contribution in [1.29, 1.82) is 0 Å². The molecule has 0 radical (unpaired) electrons. The lowest BCUT2D eigenvalue weighted by Crippen LogP contribution is -2.48. The fourth-order valence-corrected chi connectivity index (χ4v) is 2.42. The zero-order chi connectivity index (χ0) is 16.2. The van der Waals surface area contributed by atoms with E-state index in [1.54, 1.807) is 0 Å². The van der Waals surface area contributed by atoms with Crippen molar-refractivity contribution in [2.45, 2.75) is 6.18 Å². The largest absolute Gasteiger partial charge is 0.401 e. The highest BCUT2D eigenvalue weighted by Gasteiger charge is 2.26. The standard InChI is InChI=1S/C14H18F5N3/c15-11-1-2-13(12(16)9-11)22-7-5-21(6-8-22)4-3-20-10-14(17,18)19/h1-2,9,20H,3-8,10H2.